The molecular formula is C2H3ClNPd. The van der Waals surface area contributed by atoms with Crippen molar-refractivity contribution in [3.63, 3.8) is 0 Å². The Labute approximate surface area is 48.2 Å². The molecule has 0 fully saturated rings. The Morgan fingerprint density at radius 2 is 2.00 bits per heavy atom. The molecule has 0 aliphatic rings. The molecule has 0 aliphatic carbocycles. The molecule has 0 saturated heterocycles. The number of rotatable bonds is 0. The van der Waals surface area contributed by atoms with E-state index < -0.39 is 0 Å². The first-order valence-electron chi connectivity index (χ1n) is 0.801. The second-order valence-electron chi connectivity index (χ2n) is 0.270. The van der Waals surface area contributed by atoms with Crippen molar-refractivity contribution in [2.45, 2.75) is 4.89 Å². The molecule has 0 bridgehead atoms. The summed E-state index contributed by atoms with van der Waals surface area (Å²) in [6.07, 6.45) is 0. The minimum absolute atomic E-state index is 0. The van der Waals surface area contributed by atoms with E-state index >= 15 is 0 Å². The molecule has 0 heterocycles. The van der Waals surface area contributed by atoms with Crippen LogP contribution in [0.15, 0.2) is 0 Å². The molecule has 0 atom stereocenters. The fraction of sp³-hybridized carbons (Fsp3) is 0.500. The van der Waals surface area contributed by atoms with Gasteiger partial charge in [-0.1, -0.05) is 0 Å². The summed E-state index contributed by atoms with van der Waals surface area (Å²) in [5.41, 5.74) is 0. The van der Waals surface area contributed by atoms with E-state index in [1.54, 1.807) is 0 Å². The normalized spacial score (nSPS) is 4.20. The van der Waals surface area contributed by atoms with Gasteiger partial charge >= 0.3 is 35.4 Å². The number of nitriles is 1. The second-order valence-corrected chi connectivity index (χ2v) is 0.820. The summed E-state index contributed by atoms with van der Waals surface area (Å²) in [6.45, 7) is 0. The van der Waals surface area contributed by atoms with Crippen LogP contribution < -0.4 is 0 Å². The van der Waals surface area contributed by atoms with Crippen LogP contribution in [0.3, 0.4) is 0 Å². The number of hydrogen-bond donors (Lipinski definition) is 0. The molecule has 0 rings (SSSR count). The third-order valence-electron chi connectivity index (χ3n) is 0.0500. The molecular weight excluding hydrogens is 180 g/mol. The Balaban J connectivity index is 0. The van der Waals surface area contributed by atoms with Gasteiger partial charge in [-0.3, -0.25) is 0 Å². The molecule has 0 radical (unpaired) electrons. The van der Waals surface area contributed by atoms with Gasteiger partial charge in [-0.05, 0) is 0 Å². The van der Waals surface area contributed by atoms with Gasteiger partial charge in [0.2, 0.25) is 0 Å². The fourth-order valence-electron chi connectivity index (χ4n) is 0. The average Bonchev–Trinajstić information content (AvgIpc) is 1.37. The topological polar surface area (TPSA) is 23.8 Å². The van der Waals surface area contributed by atoms with Crippen LogP contribution in [-0.4, -0.2) is 0 Å². The Kier molecular flexibility index (Phi) is 16.0. The van der Waals surface area contributed by atoms with Crippen LogP contribution in [0.25, 0.3) is 0 Å². The number of nitrogens with zero attached hydrogens (tertiary/aromatic N) is 1. The summed E-state index contributed by atoms with van der Waals surface area (Å²) < 4.78 is 0. The van der Waals surface area contributed by atoms with Gasteiger partial charge in [0.25, 0.3) is 0 Å². The summed E-state index contributed by atoms with van der Waals surface area (Å²) in [4.78, 5) is 0.475. The summed E-state index contributed by atoms with van der Waals surface area (Å²) in [6, 6.07) is 1.86. The molecule has 0 unspecified atom stereocenters. The van der Waals surface area contributed by atoms with Gasteiger partial charge in [-0.25, -0.2) is 0 Å². The molecule has 0 aliphatic heterocycles. The molecule has 0 aromatic carbocycles. The molecule has 3 heteroatoms. The van der Waals surface area contributed by atoms with Crippen molar-refractivity contribution in [1.82, 2.24) is 0 Å². The van der Waals surface area contributed by atoms with Gasteiger partial charge < -0.3 is 0 Å². The van der Waals surface area contributed by atoms with Crippen molar-refractivity contribution in [3.05, 3.63) is 0 Å². The van der Waals surface area contributed by atoms with E-state index in [9.17, 15) is 0 Å². The molecule has 0 N–H and O–H groups in total. The van der Waals surface area contributed by atoms with E-state index in [1.165, 1.54) is 0 Å². The van der Waals surface area contributed by atoms with Crippen LogP contribution in [0.4, 0.5) is 0 Å². The van der Waals surface area contributed by atoms with Crippen molar-refractivity contribution >= 4 is 12.4 Å². The summed E-state index contributed by atoms with van der Waals surface area (Å²) in [7, 11) is 0. The molecule has 33 valence electrons. The van der Waals surface area contributed by atoms with E-state index in [0.29, 0.717) is 4.89 Å². The molecule has 0 aromatic heterocycles. The van der Waals surface area contributed by atoms with E-state index in [2.05, 4.69) is 19.2 Å². The molecule has 0 saturated carbocycles. The summed E-state index contributed by atoms with van der Waals surface area (Å²) >= 11 is 2.67. The van der Waals surface area contributed by atoms with Gasteiger partial charge in [-0.15, -0.1) is 12.4 Å². The molecule has 1 nitrogen and oxygen atoms in total. The first-order valence-corrected chi connectivity index (χ1v) is 1.90. The monoisotopic (exact) mass is 182 g/mol. The SMILES string of the molecule is Cl.N#C[CH2][Pd]. The van der Waals surface area contributed by atoms with Crippen LogP contribution >= 0.6 is 12.4 Å². The van der Waals surface area contributed by atoms with Crippen molar-refractivity contribution in [1.29, 1.82) is 5.26 Å². The van der Waals surface area contributed by atoms with Crippen LogP contribution in [0.5, 0.6) is 0 Å². The second kappa shape index (κ2) is 8.82. The summed E-state index contributed by atoms with van der Waals surface area (Å²) in [5, 5.41) is 7.59. The molecule has 0 aromatic rings. The maximum absolute atomic E-state index is 7.59. The molecule has 0 amide bonds. The minimum atomic E-state index is 0. The zero-order chi connectivity index (χ0) is 3.41. The van der Waals surface area contributed by atoms with Gasteiger partial charge in [0.1, 0.15) is 0 Å². The summed E-state index contributed by atoms with van der Waals surface area (Å²) in [5.74, 6) is 0. The van der Waals surface area contributed by atoms with E-state index in [-0.39, 0.29) is 12.4 Å². The Bertz CT molecular complexity index is 39.4. The third kappa shape index (κ3) is 12.7. The predicted octanol–water partition coefficient (Wildman–Crippen LogP) is 0.897. The number of hydrogen-bond acceptors (Lipinski definition) is 1. The van der Waals surface area contributed by atoms with Crippen molar-refractivity contribution < 1.29 is 19.2 Å². The van der Waals surface area contributed by atoms with E-state index in [0.717, 1.165) is 0 Å². The van der Waals surface area contributed by atoms with Gasteiger partial charge in [0, 0.05) is 0 Å². The average molecular weight is 183 g/mol. The zero-order valence-corrected chi connectivity index (χ0v) is 4.75. The van der Waals surface area contributed by atoms with Crippen LogP contribution in [0.1, 0.15) is 0 Å². The first-order chi connectivity index (χ1) is 1.91. The van der Waals surface area contributed by atoms with E-state index in [1.807, 2.05) is 6.07 Å². The molecule has 5 heavy (non-hydrogen) atoms. The predicted molar refractivity (Wildman–Crippen MR) is 17.7 cm³/mol. The Hall–Kier alpha value is 0.442. The number of halogens is 1. The van der Waals surface area contributed by atoms with Gasteiger partial charge in [0.15, 0.2) is 0 Å². The van der Waals surface area contributed by atoms with Gasteiger partial charge in [-0.2, -0.15) is 0 Å². The maximum atomic E-state index is 7.59. The van der Waals surface area contributed by atoms with Crippen molar-refractivity contribution in [2.24, 2.45) is 0 Å². The van der Waals surface area contributed by atoms with Crippen LogP contribution in [-0.2, 0) is 19.2 Å². The van der Waals surface area contributed by atoms with Crippen LogP contribution in [0, 0.1) is 11.3 Å². The quantitative estimate of drug-likeness (QED) is 0.511. The van der Waals surface area contributed by atoms with Crippen molar-refractivity contribution in [3.8, 4) is 6.07 Å². The fourth-order valence-corrected chi connectivity index (χ4v) is 0. The Morgan fingerprint density at radius 1 is 1.80 bits per heavy atom. The van der Waals surface area contributed by atoms with Gasteiger partial charge in [0.05, 0.1) is 0 Å². The molecule has 0 spiro atoms. The third-order valence-corrected chi connectivity index (χ3v) is 0.296. The van der Waals surface area contributed by atoms with Crippen molar-refractivity contribution in [2.75, 3.05) is 0 Å². The van der Waals surface area contributed by atoms with E-state index in [4.69, 9.17) is 5.26 Å². The first kappa shape index (κ1) is 9.06. The van der Waals surface area contributed by atoms with Crippen LogP contribution in [0.2, 0.25) is 4.89 Å². The zero-order valence-electron chi connectivity index (χ0n) is 2.38. The Morgan fingerprint density at radius 3 is 2.00 bits per heavy atom. The standard InChI is InChI=1S/C2H2N.ClH.Pd/c1-2-3;;/h1H2;1H;.